The van der Waals surface area contributed by atoms with Gasteiger partial charge in [-0.25, -0.2) is 0 Å². The van der Waals surface area contributed by atoms with Gasteiger partial charge < -0.3 is 4.90 Å². The highest BCUT2D eigenvalue weighted by Gasteiger charge is 2.22. The summed E-state index contributed by atoms with van der Waals surface area (Å²) < 4.78 is 2.93. The molecular weight excluding hydrogens is 270 g/mol. The van der Waals surface area contributed by atoms with E-state index in [2.05, 4.69) is 27.6 Å². The molecule has 0 radical (unpaired) electrons. The first kappa shape index (κ1) is 11.4. The average molecular weight is 284 g/mol. The number of fused-ring (bicyclic) bond motifs is 1. The van der Waals surface area contributed by atoms with Gasteiger partial charge in [-0.2, -0.15) is 5.10 Å². The second-order valence-corrected chi connectivity index (χ2v) is 4.66. The lowest BCUT2D eigenvalue weighted by molar-refractivity contribution is -0.132. The van der Waals surface area contributed by atoms with E-state index in [9.17, 15) is 4.79 Å². The van der Waals surface area contributed by atoms with Gasteiger partial charge >= 0.3 is 0 Å². The van der Waals surface area contributed by atoms with Gasteiger partial charge in [-0.3, -0.25) is 9.48 Å². The number of nitrogens with zero attached hydrogens (tertiary/aromatic N) is 3. The van der Waals surface area contributed by atoms with Crippen LogP contribution in [0.3, 0.4) is 0 Å². The van der Waals surface area contributed by atoms with Gasteiger partial charge in [-0.15, -0.1) is 6.58 Å². The molecule has 0 saturated carbocycles. The zero-order valence-electron chi connectivity index (χ0n) is 9.03. The number of halogens is 1. The number of rotatable bonds is 3. The number of hydrogen-bond donors (Lipinski definition) is 0. The molecule has 1 aliphatic heterocycles. The number of allylic oxidation sites excluding steroid dienone is 1. The van der Waals surface area contributed by atoms with Crippen molar-refractivity contribution in [1.82, 2.24) is 14.7 Å². The van der Waals surface area contributed by atoms with Crippen molar-refractivity contribution in [1.29, 1.82) is 0 Å². The molecule has 0 spiro atoms. The molecule has 2 rings (SSSR count). The third-order valence-corrected chi connectivity index (χ3v) is 3.40. The lowest BCUT2D eigenvalue weighted by atomic mass is 10.2. The first-order chi connectivity index (χ1) is 7.72. The molecule has 0 aromatic carbocycles. The fourth-order valence-electron chi connectivity index (χ4n) is 1.81. The van der Waals surface area contributed by atoms with Crippen LogP contribution < -0.4 is 0 Å². The second kappa shape index (κ2) is 4.82. The van der Waals surface area contributed by atoms with Crippen molar-refractivity contribution < 1.29 is 4.79 Å². The van der Waals surface area contributed by atoms with Crippen LogP contribution in [0.15, 0.2) is 23.3 Å². The fraction of sp³-hybridized carbons (Fsp3) is 0.455. The first-order valence-electron chi connectivity index (χ1n) is 5.31. The van der Waals surface area contributed by atoms with E-state index in [4.69, 9.17) is 0 Å². The normalized spacial score (nSPS) is 14.7. The van der Waals surface area contributed by atoms with E-state index in [1.54, 1.807) is 12.3 Å². The van der Waals surface area contributed by atoms with Crippen LogP contribution in [0.4, 0.5) is 0 Å². The molecule has 0 bridgehead atoms. The van der Waals surface area contributed by atoms with Crippen LogP contribution >= 0.6 is 15.9 Å². The molecule has 0 atom stereocenters. The number of amides is 1. The molecule has 2 heterocycles. The predicted octanol–water partition coefficient (Wildman–Crippen LogP) is 1.95. The third-order valence-electron chi connectivity index (χ3n) is 2.74. The smallest absolute Gasteiger partial charge is 0.223 e. The van der Waals surface area contributed by atoms with Crippen molar-refractivity contribution in [3.8, 4) is 0 Å². The van der Waals surface area contributed by atoms with Crippen LogP contribution in [-0.2, 0) is 17.9 Å². The van der Waals surface area contributed by atoms with Crippen LogP contribution in [0.5, 0.6) is 0 Å². The molecule has 0 aliphatic carbocycles. The fourth-order valence-corrected chi connectivity index (χ4v) is 2.23. The lowest BCUT2D eigenvalue weighted by Crippen LogP contribution is -2.38. The van der Waals surface area contributed by atoms with Crippen LogP contribution in [0.25, 0.3) is 0 Å². The van der Waals surface area contributed by atoms with E-state index < -0.39 is 0 Å². The molecule has 0 unspecified atom stereocenters. The highest BCUT2D eigenvalue weighted by molar-refractivity contribution is 9.10. The molecular formula is C11H14BrN3O. The van der Waals surface area contributed by atoms with Crippen molar-refractivity contribution in [2.24, 2.45) is 0 Å². The maximum absolute atomic E-state index is 11.8. The molecule has 0 fully saturated rings. The largest absolute Gasteiger partial charge is 0.335 e. The second-order valence-electron chi connectivity index (χ2n) is 3.80. The highest BCUT2D eigenvalue weighted by Crippen LogP contribution is 2.21. The summed E-state index contributed by atoms with van der Waals surface area (Å²) in [4.78, 5) is 13.7. The minimum atomic E-state index is 0.194. The molecule has 5 heteroatoms. The van der Waals surface area contributed by atoms with E-state index in [-0.39, 0.29) is 5.91 Å². The molecule has 16 heavy (non-hydrogen) atoms. The topological polar surface area (TPSA) is 38.1 Å². The van der Waals surface area contributed by atoms with Gasteiger partial charge in [0.25, 0.3) is 0 Å². The standard InChI is InChI=1S/C11H14BrN3O/c1-2-3-4-11(16)14-5-6-15-10(8-14)9(12)7-13-15/h2,7H,1,3-6,8H2. The maximum atomic E-state index is 11.8. The SMILES string of the molecule is C=CCCC(=O)N1CCn2ncc(Br)c2C1. The molecule has 1 amide bonds. The summed E-state index contributed by atoms with van der Waals surface area (Å²) in [6.07, 6.45) is 4.86. The molecule has 86 valence electrons. The van der Waals surface area contributed by atoms with Gasteiger partial charge in [-0.05, 0) is 22.4 Å². The Balaban J connectivity index is 2.04. The lowest BCUT2D eigenvalue weighted by Gasteiger charge is -2.28. The number of carbonyl (C=O) groups excluding carboxylic acids is 1. The van der Waals surface area contributed by atoms with E-state index in [0.717, 1.165) is 29.7 Å². The Bertz CT molecular complexity index is 413. The van der Waals surface area contributed by atoms with Gasteiger partial charge in [0.05, 0.1) is 29.5 Å². The van der Waals surface area contributed by atoms with Gasteiger partial charge in [-0.1, -0.05) is 6.08 Å². The van der Waals surface area contributed by atoms with Crippen LogP contribution in [-0.4, -0.2) is 27.1 Å². The molecule has 4 nitrogen and oxygen atoms in total. The van der Waals surface area contributed by atoms with E-state index in [1.807, 2.05) is 9.58 Å². The third kappa shape index (κ3) is 2.19. The maximum Gasteiger partial charge on any atom is 0.223 e. The Hall–Kier alpha value is -1.10. The summed E-state index contributed by atoms with van der Waals surface area (Å²) >= 11 is 3.44. The van der Waals surface area contributed by atoms with Crippen molar-refractivity contribution in [3.63, 3.8) is 0 Å². The summed E-state index contributed by atoms with van der Waals surface area (Å²) in [6, 6.07) is 0. The van der Waals surface area contributed by atoms with Crippen molar-refractivity contribution in [2.75, 3.05) is 6.54 Å². The van der Waals surface area contributed by atoms with Crippen LogP contribution in [0.2, 0.25) is 0 Å². The first-order valence-corrected chi connectivity index (χ1v) is 6.10. The van der Waals surface area contributed by atoms with E-state index >= 15 is 0 Å². The Labute approximate surface area is 103 Å². The minimum absolute atomic E-state index is 0.194. The Morgan fingerprint density at radius 1 is 1.62 bits per heavy atom. The van der Waals surface area contributed by atoms with E-state index in [0.29, 0.717) is 13.0 Å². The summed E-state index contributed by atoms with van der Waals surface area (Å²) in [5.74, 6) is 0.194. The van der Waals surface area contributed by atoms with Crippen molar-refractivity contribution in [2.45, 2.75) is 25.9 Å². The zero-order chi connectivity index (χ0) is 11.5. The number of aromatic nitrogens is 2. The van der Waals surface area contributed by atoms with Crippen molar-refractivity contribution >= 4 is 21.8 Å². The van der Waals surface area contributed by atoms with Crippen molar-refractivity contribution in [3.05, 3.63) is 29.0 Å². The number of hydrogen-bond acceptors (Lipinski definition) is 2. The van der Waals surface area contributed by atoms with Gasteiger partial charge in [0.1, 0.15) is 0 Å². The van der Waals surface area contributed by atoms with Gasteiger partial charge in [0.2, 0.25) is 5.91 Å². The molecule has 1 aliphatic rings. The van der Waals surface area contributed by atoms with Crippen LogP contribution in [0.1, 0.15) is 18.5 Å². The van der Waals surface area contributed by atoms with Gasteiger partial charge in [0.15, 0.2) is 0 Å². The summed E-state index contributed by atoms with van der Waals surface area (Å²) in [5.41, 5.74) is 1.08. The van der Waals surface area contributed by atoms with Crippen LogP contribution in [0, 0.1) is 0 Å². The minimum Gasteiger partial charge on any atom is -0.335 e. The monoisotopic (exact) mass is 283 g/mol. The Morgan fingerprint density at radius 3 is 3.19 bits per heavy atom. The summed E-state index contributed by atoms with van der Waals surface area (Å²) in [7, 11) is 0. The van der Waals surface area contributed by atoms with E-state index in [1.165, 1.54) is 0 Å². The van der Waals surface area contributed by atoms with Gasteiger partial charge in [0, 0.05) is 13.0 Å². The molecule has 1 aromatic heterocycles. The summed E-state index contributed by atoms with van der Waals surface area (Å²) in [5, 5.41) is 4.23. The highest BCUT2D eigenvalue weighted by atomic mass is 79.9. The molecule has 1 aromatic rings. The molecule has 0 N–H and O–H groups in total. The predicted molar refractivity (Wildman–Crippen MR) is 64.8 cm³/mol. The summed E-state index contributed by atoms with van der Waals surface area (Å²) in [6.45, 7) is 5.80. The average Bonchev–Trinajstić information content (AvgIpc) is 2.67. The Kier molecular flexibility index (Phi) is 3.43. The zero-order valence-corrected chi connectivity index (χ0v) is 10.6. The Morgan fingerprint density at radius 2 is 2.44 bits per heavy atom. The quantitative estimate of drug-likeness (QED) is 0.796. The molecule has 0 saturated heterocycles. The number of carbonyl (C=O) groups is 1.